The second-order valence-corrected chi connectivity index (χ2v) is 7.95. The molecule has 9 heteroatoms. The van der Waals surface area contributed by atoms with E-state index >= 15 is 0 Å². The third kappa shape index (κ3) is 5.83. The van der Waals surface area contributed by atoms with Crippen LogP contribution in [0.15, 0.2) is 46.0 Å². The van der Waals surface area contributed by atoms with E-state index in [-0.39, 0.29) is 16.8 Å². The second-order valence-electron chi connectivity index (χ2n) is 4.57. The summed E-state index contributed by atoms with van der Waals surface area (Å²) in [5, 5.41) is 7.60. The monoisotopic (exact) mass is 373 g/mol. The van der Waals surface area contributed by atoms with Crippen molar-refractivity contribution in [2.45, 2.75) is 10.6 Å². The summed E-state index contributed by atoms with van der Waals surface area (Å²) in [6.07, 6.45) is 0.485. The van der Waals surface area contributed by atoms with Gasteiger partial charge in [-0.2, -0.15) is 0 Å². The first-order chi connectivity index (χ1) is 11.0. The second kappa shape index (κ2) is 8.30. The average Bonchev–Trinajstić information content (AvgIpc) is 3.04. The van der Waals surface area contributed by atoms with E-state index in [0.717, 1.165) is 11.3 Å². The van der Waals surface area contributed by atoms with Crippen LogP contribution >= 0.6 is 22.9 Å². The molecular formula is C14H16ClN3O3S2. The van der Waals surface area contributed by atoms with Crippen molar-refractivity contribution in [2.75, 3.05) is 18.4 Å². The molecule has 0 fully saturated rings. The molecule has 6 nitrogen and oxygen atoms in total. The Hall–Kier alpha value is -1.61. The summed E-state index contributed by atoms with van der Waals surface area (Å²) < 4.78 is 26.5. The molecule has 1 aromatic heterocycles. The molecule has 0 aliphatic carbocycles. The molecule has 0 bridgehead atoms. The predicted molar refractivity (Wildman–Crippen MR) is 92.6 cm³/mol. The van der Waals surface area contributed by atoms with E-state index in [1.54, 1.807) is 41.8 Å². The Balaban J connectivity index is 1.65. The fraction of sp³-hybridized carbons (Fsp3) is 0.214. The van der Waals surface area contributed by atoms with E-state index in [9.17, 15) is 13.2 Å². The van der Waals surface area contributed by atoms with Gasteiger partial charge >= 0.3 is 6.03 Å². The predicted octanol–water partition coefficient (Wildman–Crippen LogP) is 2.89. The Bertz CT molecular complexity index is 731. The number of hydrogen-bond donors (Lipinski definition) is 3. The van der Waals surface area contributed by atoms with Crippen molar-refractivity contribution >= 4 is 44.7 Å². The molecule has 0 spiro atoms. The van der Waals surface area contributed by atoms with Crippen molar-refractivity contribution in [3.05, 3.63) is 46.8 Å². The van der Waals surface area contributed by atoms with Crippen LogP contribution in [0.25, 0.3) is 0 Å². The number of hydrogen-bond acceptors (Lipinski definition) is 4. The van der Waals surface area contributed by atoms with Crippen molar-refractivity contribution < 1.29 is 13.2 Å². The van der Waals surface area contributed by atoms with E-state index in [4.69, 9.17) is 11.6 Å². The standard InChI is InChI=1S/C14H16ClN3O3S2/c15-11-4-6-12(7-5-11)18-14(19)16-8-2-9-17-23(20,21)13-3-1-10-22-13/h1,3-7,10,17H,2,8-9H2,(H2,16,18,19). The lowest BCUT2D eigenvalue weighted by atomic mass is 10.3. The topological polar surface area (TPSA) is 87.3 Å². The fourth-order valence-corrected chi connectivity index (χ4v) is 3.93. The lowest BCUT2D eigenvalue weighted by Gasteiger charge is -2.08. The minimum atomic E-state index is -3.44. The van der Waals surface area contributed by atoms with Gasteiger partial charge in [0.15, 0.2) is 0 Å². The molecule has 2 rings (SSSR count). The molecule has 0 radical (unpaired) electrons. The maximum Gasteiger partial charge on any atom is 0.319 e. The van der Waals surface area contributed by atoms with Crippen molar-refractivity contribution in [3.8, 4) is 0 Å². The van der Waals surface area contributed by atoms with Gasteiger partial charge in [0.2, 0.25) is 10.0 Å². The first-order valence-electron chi connectivity index (χ1n) is 6.81. The highest BCUT2D eigenvalue weighted by Crippen LogP contribution is 2.15. The average molecular weight is 374 g/mol. The normalized spacial score (nSPS) is 11.2. The Labute approximate surface area is 143 Å². The molecular weight excluding hydrogens is 358 g/mol. The molecule has 1 aromatic carbocycles. The molecule has 0 atom stereocenters. The van der Waals surface area contributed by atoms with Crippen LogP contribution < -0.4 is 15.4 Å². The summed E-state index contributed by atoms with van der Waals surface area (Å²) in [5.41, 5.74) is 0.630. The lowest BCUT2D eigenvalue weighted by molar-refractivity contribution is 0.252. The van der Waals surface area contributed by atoms with Crippen LogP contribution in [-0.2, 0) is 10.0 Å². The number of carbonyl (C=O) groups excluding carboxylic acids is 1. The number of nitrogens with one attached hydrogen (secondary N) is 3. The van der Waals surface area contributed by atoms with Gasteiger partial charge < -0.3 is 10.6 Å². The summed E-state index contributed by atoms with van der Waals surface area (Å²) >= 11 is 6.92. The summed E-state index contributed by atoms with van der Waals surface area (Å²) in [7, 11) is -3.44. The van der Waals surface area contributed by atoms with Gasteiger partial charge in [0.05, 0.1) is 0 Å². The number of thiophene rings is 1. The van der Waals surface area contributed by atoms with Crippen LogP contribution in [0.4, 0.5) is 10.5 Å². The zero-order valence-corrected chi connectivity index (χ0v) is 14.5. The molecule has 0 saturated heterocycles. The highest BCUT2D eigenvalue weighted by molar-refractivity contribution is 7.91. The van der Waals surface area contributed by atoms with Crippen molar-refractivity contribution in [1.82, 2.24) is 10.0 Å². The minimum absolute atomic E-state index is 0.251. The SMILES string of the molecule is O=C(NCCCNS(=O)(=O)c1cccs1)Nc1ccc(Cl)cc1. The number of halogens is 1. The maximum absolute atomic E-state index is 11.8. The van der Waals surface area contributed by atoms with Crippen LogP contribution in [0.2, 0.25) is 5.02 Å². The zero-order valence-electron chi connectivity index (χ0n) is 12.1. The van der Waals surface area contributed by atoms with E-state index in [0.29, 0.717) is 23.7 Å². The molecule has 3 N–H and O–H groups in total. The van der Waals surface area contributed by atoms with E-state index < -0.39 is 10.0 Å². The zero-order chi connectivity index (χ0) is 16.7. The number of carbonyl (C=O) groups is 1. The minimum Gasteiger partial charge on any atom is -0.338 e. The number of sulfonamides is 1. The van der Waals surface area contributed by atoms with E-state index in [2.05, 4.69) is 15.4 Å². The first-order valence-corrected chi connectivity index (χ1v) is 9.55. The summed E-state index contributed by atoms with van der Waals surface area (Å²) in [6.45, 7) is 0.605. The summed E-state index contributed by atoms with van der Waals surface area (Å²) in [4.78, 5) is 11.7. The molecule has 0 saturated carbocycles. The van der Waals surface area contributed by atoms with Gasteiger partial charge in [-0.15, -0.1) is 11.3 Å². The highest BCUT2D eigenvalue weighted by atomic mass is 35.5. The van der Waals surface area contributed by atoms with Crippen molar-refractivity contribution in [2.24, 2.45) is 0 Å². The Morgan fingerprint density at radius 2 is 1.87 bits per heavy atom. The molecule has 124 valence electrons. The smallest absolute Gasteiger partial charge is 0.319 e. The van der Waals surface area contributed by atoms with E-state index in [1.807, 2.05) is 0 Å². The number of benzene rings is 1. The molecule has 0 aliphatic rings. The van der Waals surface area contributed by atoms with Gasteiger partial charge in [0.1, 0.15) is 4.21 Å². The van der Waals surface area contributed by atoms with Crippen molar-refractivity contribution in [1.29, 1.82) is 0 Å². The molecule has 0 unspecified atom stereocenters. The molecule has 0 aliphatic heterocycles. The van der Waals surface area contributed by atoms with Crippen LogP contribution in [0, 0.1) is 0 Å². The van der Waals surface area contributed by atoms with Crippen LogP contribution in [-0.4, -0.2) is 27.5 Å². The third-order valence-corrected chi connectivity index (χ3v) is 5.90. The van der Waals surface area contributed by atoms with Gasteiger partial charge in [0.25, 0.3) is 0 Å². The van der Waals surface area contributed by atoms with E-state index in [1.165, 1.54) is 0 Å². The largest absolute Gasteiger partial charge is 0.338 e. The highest BCUT2D eigenvalue weighted by Gasteiger charge is 2.13. The van der Waals surface area contributed by atoms with Gasteiger partial charge in [-0.05, 0) is 42.1 Å². The number of amides is 2. The summed E-state index contributed by atoms with van der Waals surface area (Å²) in [6, 6.07) is 9.61. The third-order valence-electron chi connectivity index (χ3n) is 2.79. The molecule has 23 heavy (non-hydrogen) atoms. The van der Waals surface area contributed by atoms with Crippen LogP contribution in [0.3, 0.4) is 0 Å². The van der Waals surface area contributed by atoms with Gasteiger partial charge in [-0.25, -0.2) is 17.9 Å². The Morgan fingerprint density at radius 1 is 1.13 bits per heavy atom. The first kappa shape index (κ1) is 17.7. The molecule has 2 amide bonds. The maximum atomic E-state index is 11.8. The fourth-order valence-electron chi connectivity index (χ4n) is 1.69. The van der Waals surface area contributed by atoms with Gasteiger partial charge in [0, 0.05) is 23.8 Å². The number of urea groups is 1. The quantitative estimate of drug-likeness (QED) is 0.652. The number of anilines is 1. The molecule has 1 heterocycles. The number of rotatable bonds is 7. The molecule has 2 aromatic rings. The lowest BCUT2D eigenvalue weighted by Crippen LogP contribution is -2.32. The van der Waals surface area contributed by atoms with Gasteiger partial charge in [-0.1, -0.05) is 17.7 Å². The Morgan fingerprint density at radius 3 is 2.52 bits per heavy atom. The Kier molecular flexibility index (Phi) is 6.40. The van der Waals surface area contributed by atoms with Crippen molar-refractivity contribution in [3.63, 3.8) is 0 Å². The van der Waals surface area contributed by atoms with Gasteiger partial charge in [-0.3, -0.25) is 0 Å². The summed E-state index contributed by atoms with van der Waals surface area (Å²) in [5.74, 6) is 0. The van der Waals surface area contributed by atoms with Crippen LogP contribution in [0.5, 0.6) is 0 Å². The van der Waals surface area contributed by atoms with Crippen LogP contribution in [0.1, 0.15) is 6.42 Å².